The predicted octanol–water partition coefficient (Wildman–Crippen LogP) is 2.38. The summed E-state index contributed by atoms with van der Waals surface area (Å²) in [5.74, 6) is 0.213. The molecule has 0 aliphatic heterocycles. The first-order valence-electron chi connectivity index (χ1n) is 5.52. The molecule has 2 aromatic rings. The highest BCUT2D eigenvalue weighted by atomic mass is 35.5. The molecule has 1 heterocycles. The lowest BCUT2D eigenvalue weighted by Crippen LogP contribution is -2.21. The second-order valence-corrected chi connectivity index (χ2v) is 4.44. The van der Waals surface area contributed by atoms with Crippen molar-refractivity contribution in [2.45, 2.75) is 0 Å². The number of nitrogen functional groups attached to an aromatic ring is 1. The number of amides is 1. The number of hydrogen-bond acceptors (Lipinski definition) is 5. The molecule has 0 saturated heterocycles. The molecule has 8 heteroatoms. The van der Waals surface area contributed by atoms with Crippen molar-refractivity contribution in [1.29, 1.82) is 0 Å². The summed E-state index contributed by atoms with van der Waals surface area (Å²) >= 11 is 11.3. The maximum Gasteiger partial charge on any atom is 0.263 e. The van der Waals surface area contributed by atoms with Crippen molar-refractivity contribution >= 4 is 40.6 Å². The van der Waals surface area contributed by atoms with Crippen LogP contribution in [0.3, 0.4) is 0 Å². The van der Waals surface area contributed by atoms with E-state index < -0.39 is 5.91 Å². The predicted molar refractivity (Wildman–Crippen MR) is 77.0 cm³/mol. The summed E-state index contributed by atoms with van der Waals surface area (Å²) in [6.07, 6.45) is 0. The van der Waals surface area contributed by atoms with Crippen LogP contribution in [0.4, 0.5) is 11.5 Å². The molecule has 1 aromatic carbocycles. The largest absolute Gasteiger partial charge is 0.482 e. The molecule has 0 radical (unpaired) electrons. The molecule has 1 aromatic heterocycles. The average Bonchev–Trinajstić information content (AvgIpc) is 2.36. The minimum Gasteiger partial charge on any atom is -0.482 e. The number of ether oxygens (including phenoxy) is 1. The highest BCUT2D eigenvalue weighted by molar-refractivity contribution is 6.32. The zero-order valence-corrected chi connectivity index (χ0v) is 11.6. The van der Waals surface area contributed by atoms with Gasteiger partial charge in [-0.1, -0.05) is 23.7 Å². The first-order chi connectivity index (χ1) is 9.54. The minimum absolute atomic E-state index is 0.0546. The summed E-state index contributed by atoms with van der Waals surface area (Å²) < 4.78 is 5.28. The van der Waals surface area contributed by atoms with Crippen LogP contribution in [0.25, 0.3) is 0 Å². The van der Waals surface area contributed by atoms with Crippen LogP contribution in [-0.2, 0) is 4.79 Å². The quantitative estimate of drug-likeness (QED) is 0.514. The summed E-state index contributed by atoms with van der Waals surface area (Å²) in [4.78, 5) is 19.2. The Hall–Kier alpha value is -2.05. The Morgan fingerprint density at radius 3 is 2.75 bits per heavy atom. The van der Waals surface area contributed by atoms with E-state index in [0.29, 0.717) is 11.4 Å². The topological polar surface area (TPSA) is 90.1 Å². The number of carbonyl (C=O) groups is 1. The van der Waals surface area contributed by atoms with Gasteiger partial charge in [0.25, 0.3) is 5.91 Å². The van der Waals surface area contributed by atoms with Crippen molar-refractivity contribution < 1.29 is 9.53 Å². The van der Waals surface area contributed by atoms with Crippen LogP contribution < -0.4 is 15.8 Å². The molecule has 1 amide bonds. The summed E-state index contributed by atoms with van der Waals surface area (Å²) in [5.41, 5.74) is 6.14. The van der Waals surface area contributed by atoms with Gasteiger partial charge in [-0.2, -0.15) is 0 Å². The summed E-state index contributed by atoms with van der Waals surface area (Å²) in [6, 6.07) is 8.25. The molecular weight excluding hydrogens is 303 g/mol. The van der Waals surface area contributed by atoms with Crippen LogP contribution in [0, 0.1) is 0 Å². The Morgan fingerprint density at radius 2 is 2.05 bits per heavy atom. The van der Waals surface area contributed by atoms with Gasteiger partial charge in [0.15, 0.2) is 6.61 Å². The third-order valence-corrected chi connectivity index (χ3v) is 2.58. The van der Waals surface area contributed by atoms with Crippen LogP contribution in [0.2, 0.25) is 10.4 Å². The number of para-hydroxylation sites is 2. The Kier molecular flexibility index (Phi) is 4.60. The number of halogens is 2. The number of nitrogens with zero attached hydrogens (tertiary/aromatic N) is 2. The first-order valence-corrected chi connectivity index (χ1v) is 6.27. The van der Waals surface area contributed by atoms with Crippen molar-refractivity contribution in [2.24, 2.45) is 0 Å². The van der Waals surface area contributed by atoms with Crippen LogP contribution >= 0.6 is 23.2 Å². The van der Waals surface area contributed by atoms with Gasteiger partial charge >= 0.3 is 0 Å². The van der Waals surface area contributed by atoms with E-state index in [1.54, 1.807) is 24.3 Å². The molecule has 6 nitrogen and oxygen atoms in total. The van der Waals surface area contributed by atoms with Gasteiger partial charge in [0.2, 0.25) is 5.28 Å². The molecule has 0 spiro atoms. The fourth-order valence-electron chi connectivity index (χ4n) is 1.39. The number of nitrogens with two attached hydrogens (primary N) is 1. The van der Waals surface area contributed by atoms with E-state index >= 15 is 0 Å². The summed E-state index contributed by atoms with van der Waals surface area (Å²) in [7, 11) is 0. The molecule has 0 saturated carbocycles. The van der Waals surface area contributed by atoms with Gasteiger partial charge in [0.05, 0.1) is 5.69 Å². The molecule has 0 atom stereocenters. The van der Waals surface area contributed by atoms with Gasteiger partial charge in [-0.3, -0.25) is 4.79 Å². The van der Waals surface area contributed by atoms with Gasteiger partial charge < -0.3 is 15.8 Å². The fourth-order valence-corrected chi connectivity index (χ4v) is 1.80. The van der Waals surface area contributed by atoms with Crippen LogP contribution in [0.15, 0.2) is 30.3 Å². The zero-order valence-electron chi connectivity index (χ0n) is 10.1. The highest BCUT2D eigenvalue weighted by Crippen LogP contribution is 2.19. The van der Waals surface area contributed by atoms with Crippen LogP contribution in [0.5, 0.6) is 5.75 Å². The third kappa shape index (κ3) is 3.97. The number of rotatable bonds is 4. The van der Waals surface area contributed by atoms with Crippen molar-refractivity contribution in [2.75, 3.05) is 17.7 Å². The van der Waals surface area contributed by atoms with E-state index in [9.17, 15) is 4.79 Å². The third-order valence-electron chi connectivity index (χ3n) is 2.21. The number of benzene rings is 1. The first kappa shape index (κ1) is 14.4. The van der Waals surface area contributed by atoms with E-state index in [2.05, 4.69) is 15.3 Å². The molecule has 0 aliphatic carbocycles. The SMILES string of the molecule is Nc1ccccc1OCC(=O)Nc1cc(Cl)nc(Cl)n1. The smallest absolute Gasteiger partial charge is 0.263 e. The highest BCUT2D eigenvalue weighted by Gasteiger charge is 2.08. The van der Waals surface area contributed by atoms with Gasteiger partial charge in [0.1, 0.15) is 16.7 Å². The second-order valence-electron chi connectivity index (χ2n) is 3.72. The van der Waals surface area contributed by atoms with Crippen molar-refractivity contribution in [3.8, 4) is 5.75 Å². The van der Waals surface area contributed by atoms with Gasteiger partial charge in [-0.15, -0.1) is 0 Å². The fraction of sp³-hybridized carbons (Fsp3) is 0.0833. The summed E-state index contributed by atoms with van der Waals surface area (Å²) in [6.45, 7) is -0.215. The standard InChI is InChI=1S/C12H10Cl2N4O2/c13-9-5-10(18-12(14)16-9)17-11(19)6-20-8-4-2-1-3-7(8)15/h1-5H,6,15H2,(H,16,17,18,19). The van der Waals surface area contributed by atoms with E-state index in [1.807, 2.05) is 0 Å². The molecule has 104 valence electrons. The lowest BCUT2D eigenvalue weighted by molar-refractivity contribution is -0.118. The Morgan fingerprint density at radius 1 is 1.30 bits per heavy atom. The molecule has 20 heavy (non-hydrogen) atoms. The average molecular weight is 313 g/mol. The van der Waals surface area contributed by atoms with Crippen LogP contribution in [-0.4, -0.2) is 22.5 Å². The van der Waals surface area contributed by atoms with Gasteiger partial charge in [-0.25, -0.2) is 9.97 Å². The molecule has 0 unspecified atom stereocenters. The number of anilines is 2. The summed E-state index contributed by atoms with van der Waals surface area (Å²) in [5, 5.41) is 2.57. The second kappa shape index (κ2) is 6.40. The number of carbonyl (C=O) groups excluding carboxylic acids is 1. The lowest BCUT2D eigenvalue weighted by atomic mass is 10.3. The van der Waals surface area contributed by atoms with Gasteiger partial charge in [-0.05, 0) is 23.7 Å². The number of hydrogen-bond donors (Lipinski definition) is 2. The van der Waals surface area contributed by atoms with E-state index in [0.717, 1.165) is 0 Å². The maximum atomic E-state index is 11.7. The Balaban J connectivity index is 1.94. The molecule has 3 N–H and O–H groups in total. The Bertz CT molecular complexity index is 616. The monoisotopic (exact) mass is 312 g/mol. The van der Waals surface area contributed by atoms with E-state index in [4.69, 9.17) is 33.7 Å². The van der Waals surface area contributed by atoms with E-state index in [1.165, 1.54) is 6.07 Å². The van der Waals surface area contributed by atoms with Crippen LogP contribution in [0.1, 0.15) is 0 Å². The van der Waals surface area contributed by atoms with Gasteiger partial charge in [0, 0.05) is 6.07 Å². The van der Waals surface area contributed by atoms with Crippen molar-refractivity contribution in [3.05, 3.63) is 40.8 Å². The maximum absolute atomic E-state index is 11.7. The molecule has 0 fully saturated rings. The zero-order chi connectivity index (χ0) is 14.5. The van der Waals surface area contributed by atoms with E-state index in [-0.39, 0.29) is 22.9 Å². The normalized spacial score (nSPS) is 10.1. The Labute approximate surface area is 124 Å². The molecule has 0 bridgehead atoms. The minimum atomic E-state index is -0.418. The number of nitrogens with one attached hydrogen (secondary N) is 1. The number of aromatic nitrogens is 2. The van der Waals surface area contributed by atoms with Crippen molar-refractivity contribution in [3.63, 3.8) is 0 Å². The lowest BCUT2D eigenvalue weighted by Gasteiger charge is -2.08. The molecule has 0 aliphatic rings. The molecule has 2 rings (SSSR count). The van der Waals surface area contributed by atoms with Crippen molar-refractivity contribution in [1.82, 2.24) is 9.97 Å². The molecular formula is C12H10Cl2N4O2.